The van der Waals surface area contributed by atoms with E-state index < -0.39 is 6.04 Å². The topological polar surface area (TPSA) is 61.4 Å². The van der Waals surface area contributed by atoms with Gasteiger partial charge in [-0.15, -0.1) is 11.3 Å². The summed E-state index contributed by atoms with van der Waals surface area (Å²) in [5.74, 6) is -0.0289. The zero-order chi connectivity index (χ0) is 16.7. The van der Waals surface area contributed by atoms with Crippen LogP contribution in [0.4, 0.5) is 4.79 Å². The Kier molecular flexibility index (Phi) is 3.90. The maximum atomic E-state index is 12.9. The van der Waals surface area contributed by atoms with Crippen LogP contribution in [-0.2, 0) is 11.3 Å². The first-order valence-corrected chi connectivity index (χ1v) is 9.17. The van der Waals surface area contributed by atoms with Crippen LogP contribution in [0.3, 0.4) is 0 Å². The first-order valence-electron chi connectivity index (χ1n) is 7.49. The standard InChI is InChI=1S/C17H14BrN3O2S/c18-11-5-3-10(4-6-11)15-14-13(19-17(23)20-15)9-21(16(14)22)8-12-2-1-7-24-12/h1-7,15H,8-9H2,(H2,19,20,23). The van der Waals surface area contributed by atoms with Gasteiger partial charge in [0.05, 0.1) is 30.4 Å². The van der Waals surface area contributed by atoms with E-state index in [1.54, 1.807) is 16.2 Å². The van der Waals surface area contributed by atoms with E-state index in [0.717, 1.165) is 14.9 Å². The Balaban J connectivity index is 1.64. The molecule has 2 N–H and O–H groups in total. The average Bonchev–Trinajstić information content (AvgIpc) is 3.17. The molecule has 1 aromatic heterocycles. The van der Waals surface area contributed by atoms with Crippen molar-refractivity contribution in [1.29, 1.82) is 0 Å². The number of urea groups is 1. The molecule has 1 aromatic carbocycles. The van der Waals surface area contributed by atoms with Crippen LogP contribution in [0.15, 0.2) is 57.5 Å². The summed E-state index contributed by atoms with van der Waals surface area (Å²) in [6.07, 6.45) is 0. The molecule has 3 amide bonds. The van der Waals surface area contributed by atoms with Gasteiger partial charge in [-0.25, -0.2) is 4.79 Å². The number of carbonyl (C=O) groups excluding carboxylic acids is 2. The van der Waals surface area contributed by atoms with Crippen LogP contribution in [0, 0.1) is 0 Å². The average molecular weight is 404 g/mol. The largest absolute Gasteiger partial charge is 0.328 e. The highest BCUT2D eigenvalue weighted by Crippen LogP contribution is 2.33. The zero-order valence-electron chi connectivity index (χ0n) is 12.6. The summed E-state index contributed by atoms with van der Waals surface area (Å²) in [4.78, 5) is 27.8. The summed E-state index contributed by atoms with van der Waals surface area (Å²) in [5.41, 5.74) is 2.23. The molecule has 122 valence electrons. The maximum Gasteiger partial charge on any atom is 0.319 e. The van der Waals surface area contributed by atoms with Crippen molar-refractivity contribution in [3.8, 4) is 0 Å². The van der Waals surface area contributed by atoms with Crippen molar-refractivity contribution in [2.45, 2.75) is 12.6 Å². The number of hydrogen-bond acceptors (Lipinski definition) is 3. The van der Waals surface area contributed by atoms with E-state index in [2.05, 4.69) is 26.6 Å². The van der Waals surface area contributed by atoms with Crippen LogP contribution >= 0.6 is 27.3 Å². The molecule has 0 saturated carbocycles. The van der Waals surface area contributed by atoms with Gasteiger partial charge >= 0.3 is 6.03 Å². The third-order valence-corrected chi connectivity index (χ3v) is 5.54. The Morgan fingerprint density at radius 1 is 1.21 bits per heavy atom. The van der Waals surface area contributed by atoms with Gasteiger partial charge in [-0.3, -0.25) is 4.79 Å². The number of hydrogen-bond donors (Lipinski definition) is 2. The first-order chi connectivity index (χ1) is 11.6. The van der Waals surface area contributed by atoms with Crippen LogP contribution in [0.1, 0.15) is 16.5 Å². The van der Waals surface area contributed by atoms with Gasteiger partial charge in [0.25, 0.3) is 5.91 Å². The molecule has 24 heavy (non-hydrogen) atoms. The molecule has 1 unspecified atom stereocenters. The summed E-state index contributed by atoms with van der Waals surface area (Å²) in [7, 11) is 0. The SMILES string of the molecule is O=C1NC2=C(C(=O)N(Cc3cccs3)C2)C(c2ccc(Br)cc2)N1. The van der Waals surface area contributed by atoms with Crippen LogP contribution in [0.5, 0.6) is 0 Å². The number of thiophene rings is 1. The molecule has 7 heteroatoms. The molecule has 0 radical (unpaired) electrons. The predicted molar refractivity (Wildman–Crippen MR) is 95.3 cm³/mol. The highest BCUT2D eigenvalue weighted by molar-refractivity contribution is 9.10. The van der Waals surface area contributed by atoms with Gasteiger partial charge < -0.3 is 15.5 Å². The Morgan fingerprint density at radius 2 is 2.00 bits per heavy atom. The molecule has 4 rings (SSSR count). The summed E-state index contributed by atoms with van der Waals surface area (Å²) >= 11 is 5.03. The van der Waals surface area contributed by atoms with E-state index in [1.165, 1.54) is 0 Å². The van der Waals surface area contributed by atoms with Gasteiger partial charge in [-0.1, -0.05) is 34.1 Å². The second-order valence-electron chi connectivity index (χ2n) is 5.72. The molecule has 2 aromatic rings. The van der Waals surface area contributed by atoms with Crippen molar-refractivity contribution < 1.29 is 9.59 Å². The van der Waals surface area contributed by atoms with Gasteiger partial charge in [0.15, 0.2) is 0 Å². The number of benzene rings is 1. The molecule has 5 nitrogen and oxygen atoms in total. The van der Waals surface area contributed by atoms with Gasteiger partial charge in [-0.05, 0) is 29.1 Å². The molecule has 0 fully saturated rings. The van der Waals surface area contributed by atoms with E-state index in [4.69, 9.17) is 0 Å². The molecule has 0 saturated heterocycles. The van der Waals surface area contributed by atoms with Crippen LogP contribution < -0.4 is 10.6 Å². The van der Waals surface area contributed by atoms with Crippen LogP contribution in [0.2, 0.25) is 0 Å². The summed E-state index contributed by atoms with van der Waals surface area (Å²) in [5, 5.41) is 7.65. The Bertz CT molecular complexity index is 830. The summed E-state index contributed by atoms with van der Waals surface area (Å²) in [6.45, 7) is 0.999. The number of halogens is 1. The smallest absolute Gasteiger partial charge is 0.319 e. The molecular weight excluding hydrogens is 390 g/mol. The molecule has 2 aliphatic heterocycles. The number of rotatable bonds is 3. The van der Waals surface area contributed by atoms with Crippen LogP contribution in [0.25, 0.3) is 0 Å². The first kappa shape index (κ1) is 15.4. The second-order valence-corrected chi connectivity index (χ2v) is 7.66. The van der Waals surface area contributed by atoms with E-state index in [9.17, 15) is 9.59 Å². The minimum atomic E-state index is -0.414. The lowest BCUT2D eigenvalue weighted by Gasteiger charge is -2.25. The molecule has 1 atom stereocenters. The predicted octanol–water partition coefficient (Wildman–Crippen LogP) is 3.16. The molecule has 0 spiro atoms. The van der Waals surface area contributed by atoms with Gasteiger partial charge in [-0.2, -0.15) is 0 Å². The number of amides is 3. The molecule has 2 aliphatic rings. The Hall–Kier alpha value is -2.12. The van der Waals surface area contributed by atoms with E-state index in [0.29, 0.717) is 24.4 Å². The zero-order valence-corrected chi connectivity index (χ0v) is 15.0. The minimum absolute atomic E-state index is 0.0289. The fourth-order valence-corrected chi connectivity index (χ4v) is 4.04. The Morgan fingerprint density at radius 3 is 2.71 bits per heavy atom. The maximum absolute atomic E-state index is 12.9. The van der Waals surface area contributed by atoms with Gasteiger partial charge in [0.2, 0.25) is 0 Å². The molecular formula is C17H14BrN3O2S. The lowest BCUT2D eigenvalue weighted by Crippen LogP contribution is -2.44. The molecule has 3 heterocycles. The fraction of sp³-hybridized carbons (Fsp3) is 0.176. The third kappa shape index (κ3) is 2.74. The summed E-state index contributed by atoms with van der Waals surface area (Å²) in [6, 6.07) is 11.0. The van der Waals surface area contributed by atoms with E-state index in [-0.39, 0.29) is 11.9 Å². The normalized spacial score (nSPS) is 20.0. The quantitative estimate of drug-likeness (QED) is 0.826. The highest BCUT2D eigenvalue weighted by Gasteiger charge is 2.40. The van der Waals surface area contributed by atoms with E-state index in [1.807, 2.05) is 41.8 Å². The van der Waals surface area contributed by atoms with Crippen molar-refractivity contribution in [1.82, 2.24) is 15.5 Å². The number of nitrogens with one attached hydrogen (secondary N) is 2. The van der Waals surface area contributed by atoms with Crippen molar-refractivity contribution in [3.05, 3.63) is 68.0 Å². The molecule has 0 bridgehead atoms. The van der Waals surface area contributed by atoms with E-state index >= 15 is 0 Å². The highest BCUT2D eigenvalue weighted by atomic mass is 79.9. The van der Waals surface area contributed by atoms with Crippen LogP contribution in [-0.4, -0.2) is 23.4 Å². The number of nitrogens with zero attached hydrogens (tertiary/aromatic N) is 1. The lowest BCUT2D eigenvalue weighted by molar-refractivity contribution is -0.126. The fourth-order valence-electron chi connectivity index (χ4n) is 3.05. The third-order valence-electron chi connectivity index (χ3n) is 4.15. The second kappa shape index (κ2) is 6.07. The monoisotopic (exact) mass is 403 g/mol. The Labute approximate surface area is 151 Å². The minimum Gasteiger partial charge on any atom is -0.328 e. The van der Waals surface area contributed by atoms with Crippen molar-refractivity contribution in [2.75, 3.05) is 6.54 Å². The van der Waals surface area contributed by atoms with Crippen molar-refractivity contribution in [3.63, 3.8) is 0 Å². The van der Waals surface area contributed by atoms with Gasteiger partial charge in [0.1, 0.15) is 0 Å². The van der Waals surface area contributed by atoms with Crippen molar-refractivity contribution >= 4 is 39.2 Å². The van der Waals surface area contributed by atoms with Crippen molar-refractivity contribution in [2.24, 2.45) is 0 Å². The molecule has 0 aliphatic carbocycles. The summed E-state index contributed by atoms with van der Waals surface area (Å²) < 4.78 is 0.956. The number of carbonyl (C=O) groups is 2. The lowest BCUT2D eigenvalue weighted by atomic mass is 9.96. The van der Waals surface area contributed by atoms with Gasteiger partial charge in [0, 0.05) is 9.35 Å².